The van der Waals surface area contributed by atoms with E-state index in [9.17, 15) is 9.90 Å². The van der Waals surface area contributed by atoms with E-state index in [1.54, 1.807) is 26.8 Å². The zero-order chi connectivity index (χ0) is 15.5. The fraction of sp³-hybridized carbons (Fsp3) is 0.375. The van der Waals surface area contributed by atoms with Crippen LogP contribution in [0.25, 0.3) is 0 Å². The number of ether oxygens (including phenoxy) is 1. The molecule has 1 aromatic heterocycles. The summed E-state index contributed by atoms with van der Waals surface area (Å²) < 4.78 is 10.8. The summed E-state index contributed by atoms with van der Waals surface area (Å²) in [6.45, 7) is 5.33. The molecule has 0 aliphatic heterocycles. The van der Waals surface area contributed by atoms with Gasteiger partial charge in [-0.05, 0) is 26.3 Å². The molecule has 21 heavy (non-hydrogen) atoms. The molecule has 0 saturated heterocycles. The van der Waals surface area contributed by atoms with E-state index in [1.165, 1.54) is 0 Å². The van der Waals surface area contributed by atoms with Crippen molar-refractivity contribution in [3.63, 3.8) is 0 Å². The molecule has 0 spiro atoms. The van der Waals surface area contributed by atoms with E-state index in [-0.39, 0.29) is 18.2 Å². The topological polar surface area (TPSA) is 72.6 Å². The van der Waals surface area contributed by atoms with Crippen LogP contribution in [-0.4, -0.2) is 22.3 Å². The van der Waals surface area contributed by atoms with Gasteiger partial charge >= 0.3 is 5.97 Å². The highest BCUT2D eigenvalue weighted by Gasteiger charge is 2.45. The Labute approximate surface area is 123 Å². The second-order valence-corrected chi connectivity index (χ2v) is 5.28. The van der Waals surface area contributed by atoms with Crippen LogP contribution in [0.3, 0.4) is 0 Å². The lowest BCUT2D eigenvalue weighted by atomic mass is 9.90. The summed E-state index contributed by atoms with van der Waals surface area (Å²) in [6, 6.07) is 11.0. The van der Waals surface area contributed by atoms with Crippen molar-refractivity contribution in [1.29, 1.82) is 0 Å². The summed E-state index contributed by atoms with van der Waals surface area (Å²) in [7, 11) is 0. The smallest absolute Gasteiger partial charge is 0.342 e. The number of nitrogens with zero attached hydrogens (tertiary/aromatic N) is 1. The molecule has 0 aliphatic rings. The molecular weight excluding hydrogens is 270 g/mol. The van der Waals surface area contributed by atoms with Gasteiger partial charge in [0, 0.05) is 12.5 Å². The first kappa shape index (κ1) is 15.3. The van der Waals surface area contributed by atoms with Gasteiger partial charge in [-0.2, -0.15) is 0 Å². The lowest BCUT2D eigenvalue weighted by molar-refractivity contribution is -0.175. The first-order valence-corrected chi connectivity index (χ1v) is 6.83. The molecule has 5 nitrogen and oxygen atoms in total. The molecule has 0 fully saturated rings. The van der Waals surface area contributed by atoms with Crippen LogP contribution in [0.1, 0.15) is 30.9 Å². The number of aliphatic carboxylic acids is 1. The Morgan fingerprint density at radius 3 is 2.52 bits per heavy atom. The minimum absolute atomic E-state index is 0.188. The largest absolute Gasteiger partial charge is 0.479 e. The summed E-state index contributed by atoms with van der Waals surface area (Å²) in [5, 5.41) is 13.7. The van der Waals surface area contributed by atoms with E-state index in [1.807, 2.05) is 30.3 Å². The Morgan fingerprint density at radius 1 is 1.38 bits per heavy atom. The van der Waals surface area contributed by atoms with Gasteiger partial charge in [0.05, 0.1) is 6.10 Å². The number of aryl methyl sites for hydroxylation is 1. The van der Waals surface area contributed by atoms with Gasteiger partial charge in [-0.1, -0.05) is 35.5 Å². The van der Waals surface area contributed by atoms with Crippen molar-refractivity contribution >= 4 is 5.97 Å². The van der Waals surface area contributed by atoms with E-state index >= 15 is 0 Å². The second kappa shape index (κ2) is 6.10. The summed E-state index contributed by atoms with van der Waals surface area (Å²) in [6.07, 6.45) is -0.0744. The first-order chi connectivity index (χ1) is 9.94. The van der Waals surface area contributed by atoms with E-state index in [4.69, 9.17) is 9.26 Å². The molecule has 1 unspecified atom stereocenters. The van der Waals surface area contributed by atoms with Crippen LogP contribution in [0.15, 0.2) is 40.9 Å². The third kappa shape index (κ3) is 3.31. The number of benzene rings is 1. The fourth-order valence-electron chi connectivity index (χ4n) is 2.27. The SMILES string of the molecule is Cc1cc(C(Cc2ccccc2)(OC(C)C)C(=O)O)no1. The third-order valence-electron chi connectivity index (χ3n) is 3.12. The molecule has 0 bridgehead atoms. The Balaban J connectivity index is 2.48. The maximum atomic E-state index is 12.0. The van der Waals surface area contributed by atoms with Gasteiger partial charge in [0.1, 0.15) is 11.5 Å². The molecular formula is C16H19NO4. The third-order valence-corrected chi connectivity index (χ3v) is 3.12. The maximum absolute atomic E-state index is 12.0. The van der Waals surface area contributed by atoms with Gasteiger partial charge in [0.2, 0.25) is 5.60 Å². The molecule has 0 amide bonds. The maximum Gasteiger partial charge on any atom is 0.342 e. The van der Waals surface area contributed by atoms with Crippen LogP contribution in [0, 0.1) is 6.92 Å². The highest BCUT2D eigenvalue weighted by molar-refractivity contribution is 5.79. The molecule has 0 saturated carbocycles. The van der Waals surface area contributed by atoms with Crippen molar-refractivity contribution in [2.75, 3.05) is 0 Å². The summed E-state index contributed by atoms with van der Waals surface area (Å²) in [5.74, 6) is -0.524. The highest BCUT2D eigenvalue weighted by Crippen LogP contribution is 2.31. The molecule has 2 aromatic rings. The molecule has 1 heterocycles. The van der Waals surface area contributed by atoms with Crippen LogP contribution in [0.5, 0.6) is 0 Å². The van der Waals surface area contributed by atoms with Gasteiger partial charge in [-0.25, -0.2) is 4.79 Å². The highest BCUT2D eigenvalue weighted by atomic mass is 16.5. The average Bonchev–Trinajstić information content (AvgIpc) is 2.85. The van der Waals surface area contributed by atoms with Crippen molar-refractivity contribution < 1.29 is 19.2 Å². The Kier molecular flexibility index (Phi) is 4.43. The monoisotopic (exact) mass is 289 g/mol. The zero-order valence-corrected chi connectivity index (χ0v) is 12.4. The molecule has 0 radical (unpaired) electrons. The zero-order valence-electron chi connectivity index (χ0n) is 12.4. The lowest BCUT2D eigenvalue weighted by Crippen LogP contribution is -2.43. The van der Waals surface area contributed by atoms with Crippen molar-refractivity contribution in [2.45, 2.75) is 38.9 Å². The fourth-order valence-corrected chi connectivity index (χ4v) is 2.27. The van der Waals surface area contributed by atoms with E-state index in [0.29, 0.717) is 5.76 Å². The lowest BCUT2D eigenvalue weighted by Gasteiger charge is -2.29. The average molecular weight is 289 g/mol. The van der Waals surface area contributed by atoms with Crippen molar-refractivity contribution in [1.82, 2.24) is 5.16 Å². The van der Waals surface area contributed by atoms with Gasteiger partial charge < -0.3 is 14.4 Å². The van der Waals surface area contributed by atoms with E-state index in [0.717, 1.165) is 5.56 Å². The van der Waals surface area contributed by atoms with Crippen molar-refractivity contribution in [2.24, 2.45) is 0 Å². The molecule has 1 aromatic carbocycles. The van der Waals surface area contributed by atoms with Crippen LogP contribution in [0.2, 0.25) is 0 Å². The minimum atomic E-state index is -1.55. The quantitative estimate of drug-likeness (QED) is 0.885. The van der Waals surface area contributed by atoms with E-state index < -0.39 is 11.6 Å². The first-order valence-electron chi connectivity index (χ1n) is 6.83. The number of hydrogen-bond acceptors (Lipinski definition) is 4. The van der Waals surface area contributed by atoms with Gasteiger partial charge in [0.15, 0.2) is 0 Å². The van der Waals surface area contributed by atoms with Gasteiger partial charge in [-0.15, -0.1) is 0 Å². The standard InChI is InChI=1S/C16H19NO4/c1-11(2)20-16(15(18)19,14-9-12(3)21-17-14)10-13-7-5-4-6-8-13/h4-9,11H,10H2,1-3H3,(H,18,19). The number of rotatable bonds is 6. The van der Waals surface area contributed by atoms with Crippen LogP contribution >= 0.6 is 0 Å². The Hall–Kier alpha value is -2.14. The van der Waals surface area contributed by atoms with Crippen molar-refractivity contribution in [3.8, 4) is 0 Å². The summed E-state index contributed by atoms with van der Waals surface area (Å²) in [4.78, 5) is 12.0. The number of aromatic nitrogens is 1. The van der Waals surface area contributed by atoms with Gasteiger partial charge in [-0.3, -0.25) is 0 Å². The van der Waals surface area contributed by atoms with Crippen LogP contribution in [0.4, 0.5) is 0 Å². The molecule has 112 valence electrons. The summed E-state index contributed by atoms with van der Waals surface area (Å²) in [5.41, 5.74) is -0.404. The molecule has 2 rings (SSSR count). The van der Waals surface area contributed by atoms with E-state index in [2.05, 4.69) is 5.16 Å². The number of hydrogen-bond donors (Lipinski definition) is 1. The van der Waals surface area contributed by atoms with Crippen LogP contribution in [-0.2, 0) is 21.6 Å². The van der Waals surface area contributed by atoms with Crippen molar-refractivity contribution in [3.05, 3.63) is 53.4 Å². The molecule has 1 atom stereocenters. The number of carboxylic acids is 1. The Bertz CT molecular complexity index is 606. The number of carbonyl (C=O) groups is 1. The van der Waals surface area contributed by atoms with Crippen LogP contribution < -0.4 is 0 Å². The van der Waals surface area contributed by atoms with Gasteiger partial charge in [0.25, 0.3) is 0 Å². The summed E-state index contributed by atoms with van der Waals surface area (Å²) >= 11 is 0. The Morgan fingerprint density at radius 2 is 2.05 bits per heavy atom. The predicted octanol–water partition coefficient (Wildman–Crippen LogP) is 2.93. The second-order valence-electron chi connectivity index (χ2n) is 5.28. The molecule has 1 N–H and O–H groups in total. The number of carboxylic acid groups (broad SMARTS) is 1. The normalized spacial score (nSPS) is 14.1. The minimum Gasteiger partial charge on any atom is -0.479 e. The molecule has 5 heteroatoms. The predicted molar refractivity (Wildman–Crippen MR) is 76.9 cm³/mol. The molecule has 0 aliphatic carbocycles.